The molecule has 4 nitrogen and oxygen atoms in total. The molecule has 0 unspecified atom stereocenters. The van der Waals surface area contributed by atoms with Gasteiger partial charge in [-0.15, -0.1) is 11.6 Å². The quantitative estimate of drug-likeness (QED) is 0.838. The Morgan fingerprint density at radius 2 is 2.25 bits per heavy atom. The number of halogens is 2. The molecule has 0 aromatic carbocycles. The van der Waals surface area contributed by atoms with Gasteiger partial charge in [-0.1, -0.05) is 11.6 Å². The van der Waals surface area contributed by atoms with Crippen LogP contribution in [0.2, 0.25) is 5.02 Å². The number of nitrogens with zero attached hydrogens (tertiary/aromatic N) is 2. The predicted octanol–water partition coefficient (Wildman–Crippen LogP) is 2.22. The zero-order valence-corrected chi connectivity index (χ0v) is 9.59. The van der Waals surface area contributed by atoms with Crippen molar-refractivity contribution in [1.29, 1.82) is 0 Å². The second-order valence-electron chi connectivity index (χ2n) is 3.05. The maximum absolute atomic E-state index is 11.3. The van der Waals surface area contributed by atoms with Crippen LogP contribution >= 0.6 is 23.2 Å². The lowest BCUT2D eigenvalue weighted by Crippen LogP contribution is -2.10. The molecule has 0 atom stereocenters. The van der Waals surface area contributed by atoms with E-state index >= 15 is 0 Å². The molecule has 2 rings (SSSR count). The average molecular weight is 256 g/mol. The normalized spacial score (nSPS) is 10.4. The van der Waals surface area contributed by atoms with Gasteiger partial charge in [-0.05, 0) is 12.1 Å². The second-order valence-corrected chi connectivity index (χ2v) is 3.73. The molecule has 0 aliphatic rings. The maximum Gasteiger partial charge on any atom is 0.251 e. The van der Waals surface area contributed by atoms with Crippen LogP contribution in [0.15, 0.2) is 29.2 Å². The summed E-state index contributed by atoms with van der Waals surface area (Å²) in [6.07, 6.45) is 1.58. The van der Waals surface area contributed by atoms with Gasteiger partial charge in [0.2, 0.25) is 0 Å². The summed E-state index contributed by atoms with van der Waals surface area (Å²) in [6, 6.07) is 4.72. The molecule has 0 amide bonds. The molecule has 0 radical (unpaired) electrons. The van der Waals surface area contributed by atoms with Crippen LogP contribution in [0, 0.1) is 0 Å². The molecular weight excluding hydrogens is 249 g/mol. The van der Waals surface area contributed by atoms with Crippen LogP contribution in [-0.4, -0.2) is 15.0 Å². The Morgan fingerprint density at radius 3 is 2.94 bits per heavy atom. The summed E-state index contributed by atoms with van der Waals surface area (Å²) in [5, 5.41) is 0.428. The van der Waals surface area contributed by atoms with Gasteiger partial charge in [-0.25, -0.2) is 4.98 Å². The van der Waals surface area contributed by atoms with Crippen LogP contribution in [0.1, 0.15) is 5.69 Å². The molecule has 2 heterocycles. The van der Waals surface area contributed by atoms with Gasteiger partial charge in [0.1, 0.15) is 5.69 Å². The summed E-state index contributed by atoms with van der Waals surface area (Å²) in [6.45, 7) is 0. The van der Waals surface area contributed by atoms with Crippen molar-refractivity contribution in [3.8, 4) is 11.5 Å². The highest BCUT2D eigenvalue weighted by atomic mass is 35.5. The van der Waals surface area contributed by atoms with E-state index in [1.807, 2.05) is 0 Å². The first-order valence-corrected chi connectivity index (χ1v) is 5.39. The minimum absolute atomic E-state index is 0.168. The first-order valence-electron chi connectivity index (χ1n) is 4.48. The van der Waals surface area contributed by atoms with E-state index in [1.54, 1.807) is 18.3 Å². The van der Waals surface area contributed by atoms with Crippen molar-refractivity contribution in [3.05, 3.63) is 45.5 Å². The molecule has 0 aliphatic carbocycles. The van der Waals surface area contributed by atoms with Crippen LogP contribution in [0.4, 0.5) is 0 Å². The van der Waals surface area contributed by atoms with Crippen molar-refractivity contribution in [2.24, 2.45) is 0 Å². The van der Waals surface area contributed by atoms with Crippen LogP contribution < -0.4 is 5.56 Å². The molecule has 0 aliphatic heterocycles. The monoisotopic (exact) mass is 255 g/mol. The van der Waals surface area contributed by atoms with Gasteiger partial charge < -0.3 is 4.98 Å². The Kier molecular flexibility index (Phi) is 3.22. The fourth-order valence-corrected chi connectivity index (χ4v) is 1.60. The van der Waals surface area contributed by atoms with E-state index in [2.05, 4.69) is 15.0 Å². The van der Waals surface area contributed by atoms with Crippen molar-refractivity contribution in [2.75, 3.05) is 0 Å². The van der Waals surface area contributed by atoms with Crippen LogP contribution in [0.5, 0.6) is 0 Å². The largest absolute Gasteiger partial charge is 0.305 e. The number of hydrogen-bond donors (Lipinski definition) is 1. The van der Waals surface area contributed by atoms with E-state index in [0.29, 0.717) is 22.2 Å². The molecule has 2 aromatic rings. The molecule has 0 spiro atoms. The number of nitrogens with one attached hydrogen (secondary N) is 1. The third kappa shape index (κ3) is 2.23. The van der Waals surface area contributed by atoms with Crippen LogP contribution in [0.25, 0.3) is 11.5 Å². The number of alkyl halides is 1. The summed E-state index contributed by atoms with van der Waals surface area (Å²) in [7, 11) is 0. The second kappa shape index (κ2) is 4.63. The highest BCUT2D eigenvalue weighted by Gasteiger charge is 2.08. The zero-order valence-electron chi connectivity index (χ0n) is 8.08. The fraction of sp³-hybridized carbons (Fsp3) is 0.100. The molecule has 0 fully saturated rings. The number of aromatic nitrogens is 3. The van der Waals surface area contributed by atoms with E-state index in [0.717, 1.165) is 0 Å². The summed E-state index contributed by atoms with van der Waals surface area (Å²) in [5.41, 5.74) is 0.651. The molecule has 6 heteroatoms. The Labute approximate surface area is 101 Å². The summed E-state index contributed by atoms with van der Waals surface area (Å²) < 4.78 is 0. The van der Waals surface area contributed by atoms with Gasteiger partial charge in [0.15, 0.2) is 5.82 Å². The van der Waals surface area contributed by atoms with Gasteiger partial charge in [-0.3, -0.25) is 9.78 Å². The number of aromatic amines is 1. The van der Waals surface area contributed by atoms with Crippen molar-refractivity contribution in [1.82, 2.24) is 15.0 Å². The third-order valence-electron chi connectivity index (χ3n) is 1.91. The molecule has 2 aromatic heterocycles. The molecular formula is C10H7Cl2N3O. The van der Waals surface area contributed by atoms with E-state index in [9.17, 15) is 4.79 Å². The molecule has 1 N–H and O–H groups in total. The number of rotatable bonds is 2. The first kappa shape index (κ1) is 11.1. The predicted molar refractivity (Wildman–Crippen MR) is 62.7 cm³/mol. The number of H-pyrrole nitrogens is 1. The molecule has 82 valence electrons. The first-order chi connectivity index (χ1) is 7.70. The highest BCUT2D eigenvalue weighted by Crippen LogP contribution is 2.21. The van der Waals surface area contributed by atoms with E-state index < -0.39 is 0 Å². The van der Waals surface area contributed by atoms with Gasteiger partial charge >= 0.3 is 0 Å². The average Bonchev–Trinajstić information content (AvgIpc) is 2.28. The van der Waals surface area contributed by atoms with Gasteiger partial charge in [0, 0.05) is 12.3 Å². The zero-order chi connectivity index (χ0) is 11.5. The van der Waals surface area contributed by atoms with Crippen LogP contribution in [0.3, 0.4) is 0 Å². The van der Waals surface area contributed by atoms with Gasteiger partial charge in [0.05, 0.1) is 16.6 Å². The third-order valence-corrected chi connectivity index (χ3v) is 2.49. The Bertz CT molecular complexity index is 568. The van der Waals surface area contributed by atoms with Crippen molar-refractivity contribution in [3.63, 3.8) is 0 Å². The number of pyridine rings is 1. The fourth-order valence-electron chi connectivity index (χ4n) is 1.25. The highest BCUT2D eigenvalue weighted by molar-refractivity contribution is 6.32. The van der Waals surface area contributed by atoms with Gasteiger partial charge in [-0.2, -0.15) is 0 Å². The lowest BCUT2D eigenvalue weighted by atomic mass is 10.3. The van der Waals surface area contributed by atoms with E-state index in [1.165, 1.54) is 6.07 Å². The maximum atomic E-state index is 11.3. The topological polar surface area (TPSA) is 58.6 Å². The summed E-state index contributed by atoms with van der Waals surface area (Å²) >= 11 is 11.6. The molecule has 0 bridgehead atoms. The minimum atomic E-state index is -0.276. The molecule has 0 saturated heterocycles. The van der Waals surface area contributed by atoms with Crippen molar-refractivity contribution < 1.29 is 0 Å². The Balaban J connectivity index is 2.60. The van der Waals surface area contributed by atoms with Crippen LogP contribution in [-0.2, 0) is 5.88 Å². The molecule has 16 heavy (non-hydrogen) atoms. The molecule has 0 saturated carbocycles. The lowest BCUT2D eigenvalue weighted by Gasteiger charge is -2.03. The van der Waals surface area contributed by atoms with Gasteiger partial charge in [0.25, 0.3) is 5.56 Å². The SMILES string of the molecule is O=c1cc(CCl)nc(-c2ncccc2Cl)[nH]1. The lowest BCUT2D eigenvalue weighted by molar-refractivity contribution is 1.04. The Morgan fingerprint density at radius 1 is 1.44 bits per heavy atom. The summed E-state index contributed by atoms with van der Waals surface area (Å²) in [4.78, 5) is 22.1. The van der Waals surface area contributed by atoms with E-state index in [4.69, 9.17) is 23.2 Å². The minimum Gasteiger partial charge on any atom is -0.305 e. The summed E-state index contributed by atoms with van der Waals surface area (Å²) in [5.74, 6) is 0.496. The standard InChI is InChI=1S/C10H7Cl2N3O/c11-5-6-4-8(16)15-10(14-6)9-7(12)2-1-3-13-9/h1-4H,5H2,(H,14,15,16). The Hall–Kier alpha value is -1.39. The van der Waals surface area contributed by atoms with Crippen molar-refractivity contribution in [2.45, 2.75) is 5.88 Å². The smallest absolute Gasteiger partial charge is 0.251 e. The van der Waals surface area contributed by atoms with Crippen molar-refractivity contribution >= 4 is 23.2 Å². The van der Waals surface area contributed by atoms with E-state index in [-0.39, 0.29) is 11.4 Å². The number of hydrogen-bond acceptors (Lipinski definition) is 3.